The molecule has 0 aliphatic carbocycles. The second-order valence-electron chi connectivity index (χ2n) is 7.14. The Morgan fingerprint density at radius 1 is 1.23 bits per heavy atom. The van der Waals surface area contributed by atoms with Gasteiger partial charge in [0.05, 0.1) is 22.4 Å². The molecule has 0 saturated carbocycles. The van der Waals surface area contributed by atoms with E-state index in [1.807, 2.05) is 7.05 Å². The zero-order chi connectivity index (χ0) is 22.6. The number of aromatic nitrogens is 1. The first-order valence-corrected chi connectivity index (χ1v) is 12.4. The van der Waals surface area contributed by atoms with Gasteiger partial charge in [-0.25, -0.2) is 13.4 Å². The van der Waals surface area contributed by atoms with Gasteiger partial charge in [-0.05, 0) is 44.3 Å². The normalized spacial score (nSPS) is 16.6. The van der Waals surface area contributed by atoms with E-state index in [0.29, 0.717) is 47.7 Å². The van der Waals surface area contributed by atoms with Crippen LogP contribution in [0.5, 0.6) is 5.75 Å². The topological polar surface area (TPSA) is 91.8 Å². The molecular weight excluding hydrogens is 460 g/mol. The van der Waals surface area contributed by atoms with Crippen molar-refractivity contribution in [3.63, 3.8) is 0 Å². The van der Waals surface area contributed by atoms with Crippen LogP contribution >= 0.6 is 23.4 Å². The Bertz CT molecular complexity index is 1030. The van der Waals surface area contributed by atoms with E-state index in [-0.39, 0.29) is 10.8 Å². The Morgan fingerprint density at radius 3 is 2.52 bits per heavy atom. The molecule has 1 atom stereocenters. The van der Waals surface area contributed by atoms with E-state index in [2.05, 4.69) is 15.2 Å². The molecule has 2 heterocycles. The average molecular weight is 485 g/mol. The highest BCUT2D eigenvalue weighted by Crippen LogP contribution is 2.28. The van der Waals surface area contributed by atoms with Crippen LogP contribution in [0.3, 0.4) is 0 Å². The summed E-state index contributed by atoms with van der Waals surface area (Å²) in [5, 5.41) is 3.32. The number of likely N-dealkylation sites (N-methyl/N-ethyl adjacent to an activating group) is 1. The van der Waals surface area contributed by atoms with Crippen LogP contribution in [0, 0.1) is 0 Å². The van der Waals surface area contributed by atoms with E-state index in [9.17, 15) is 13.2 Å². The maximum absolute atomic E-state index is 12.8. The Kier molecular flexibility index (Phi) is 7.82. The van der Waals surface area contributed by atoms with Crippen molar-refractivity contribution < 1.29 is 17.9 Å². The number of hydrogen-bond donors (Lipinski definition) is 1. The largest absolute Gasteiger partial charge is 0.495 e. The molecule has 8 nitrogen and oxygen atoms in total. The van der Waals surface area contributed by atoms with Crippen LogP contribution in [0.1, 0.15) is 6.92 Å². The van der Waals surface area contributed by atoms with Crippen molar-refractivity contribution in [2.75, 3.05) is 45.7 Å². The van der Waals surface area contributed by atoms with Crippen LogP contribution in [0.4, 0.5) is 5.69 Å². The van der Waals surface area contributed by atoms with Crippen molar-refractivity contribution in [3.05, 3.63) is 41.6 Å². The van der Waals surface area contributed by atoms with Gasteiger partial charge in [0, 0.05) is 38.1 Å². The van der Waals surface area contributed by atoms with E-state index < -0.39 is 15.3 Å². The highest BCUT2D eigenvalue weighted by molar-refractivity contribution is 8.00. The summed E-state index contributed by atoms with van der Waals surface area (Å²) in [6.07, 6.45) is 1.35. The van der Waals surface area contributed by atoms with Crippen LogP contribution in [-0.4, -0.2) is 74.1 Å². The Labute approximate surface area is 192 Å². The zero-order valence-corrected chi connectivity index (χ0v) is 19.9. The molecule has 3 rings (SSSR count). The summed E-state index contributed by atoms with van der Waals surface area (Å²) in [6, 6.07) is 8.16. The number of pyridine rings is 1. The highest BCUT2D eigenvalue weighted by Gasteiger charge is 2.27. The van der Waals surface area contributed by atoms with Crippen LogP contribution in [0.2, 0.25) is 5.02 Å². The minimum atomic E-state index is -3.56. The van der Waals surface area contributed by atoms with Gasteiger partial charge in [0.25, 0.3) is 0 Å². The van der Waals surface area contributed by atoms with Crippen molar-refractivity contribution in [3.8, 4) is 5.75 Å². The summed E-state index contributed by atoms with van der Waals surface area (Å²) in [6.45, 7) is 4.07. The van der Waals surface area contributed by atoms with Crippen LogP contribution < -0.4 is 10.1 Å². The maximum atomic E-state index is 12.8. The van der Waals surface area contributed by atoms with Gasteiger partial charge < -0.3 is 15.0 Å². The lowest BCUT2D eigenvalue weighted by Gasteiger charge is -2.31. The number of thioether (sulfide) groups is 1. The number of ether oxygens (including phenoxy) is 1. The minimum Gasteiger partial charge on any atom is -0.495 e. The van der Waals surface area contributed by atoms with E-state index in [1.54, 1.807) is 31.2 Å². The van der Waals surface area contributed by atoms with Crippen molar-refractivity contribution in [1.82, 2.24) is 14.2 Å². The number of carbonyl (C=O) groups is 1. The number of anilines is 1. The number of carbonyl (C=O) groups excluding carboxylic acids is 1. The molecular formula is C20H25ClN4O4S2. The van der Waals surface area contributed by atoms with E-state index >= 15 is 0 Å². The molecule has 31 heavy (non-hydrogen) atoms. The molecule has 1 saturated heterocycles. The zero-order valence-electron chi connectivity index (χ0n) is 17.5. The van der Waals surface area contributed by atoms with Crippen molar-refractivity contribution >= 4 is 45.0 Å². The Balaban J connectivity index is 1.61. The van der Waals surface area contributed by atoms with Crippen LogP contribution in [0.15, 0.2) is 46.5 Å². The van der Waals surface area contributed by atoms with Crippen molar-refractivity contribution in [1.29, 1.82) is 0 Å². The number of methoxy groups -OCH3 is 1. The third-order valence-electron chi connectivity index (χ3n) is 4.90. The summed E-state index contributed by atoms with van der Waals surface area (Å²) in [5.74, 6) is 0.306. The monoisotopic (exact) mass is 484 g/mol. The molecule has 1 fully saturated rings. The molecule has 0 bridgehead atoms. The first-order chi connectivity index (χ1) is 14.7. The van der Waals surface area contributed by atoms with Gasteiger partial charge in [-0.15, -0.1) is 0 Å². The van der Waals surface area contributed by atoms with E-state index in [1.165, 1.54) is 35.4 Å². The van der Waals surface area contributed by atoms with Gasteiger partial charge in [-0.1, -0.05) is 23.4 Å². The average Bonchev–Trinajstić information content (AvgIpc) is 2.74. The van der Waals surface area contributed by atoms with Crippen molar-refractivity contribution in [2.24, 2.45) is 0 Å². The number of hydrogen-bond acceptors (Lipinski definition) is 7. The molecule has 1 aromatic heterocycles. The number of nitrogens with zero attached hydrogens (tertiary/aromatic N) is 3. The summed E-state index contributed by atoms with van der Waals surface area (Å²) in [4.78, 5) is 19.0. The molecule has 1 aliphatic heterocycles. The van der Waals surface area contributed by atoms with Crippen LogP contribution in [-0.2, 0) is 14.8 Å². The molecule has 2 aromatic rings. The fourth-order valence-electron chi connectivity index (χ4n) is 2.99. The number of benzene rings is 1. The first kappa shape index (κ1) is 23.8. The maximum Gasteiger partial charge on any atom is 0.244 e. The number of sulfonamides is 1. The fourth-order valence-corrected chi connectivity index (χ4v) is 5.40. The number of piperazine rings is 1. The fraction of sp³-hybridized carbons (Fsp3) is 0.400. The second-order valence-corrected chi connectivity index (χ2v) is 10.8. The lowest BCUT2D eigenvalue weighted by molar-refractivity contribution is -0.115. The van der Waals surface area contributed by atoms with Crippen molar-refractivity contribution in [2.45, 2.75) is 22.1 Å². The summed E-state index contributed by atoms with van der Waals surface area (Å²) >= 11 is 7.33. The second kappa shape index (κ2) is 10.2. The predicted molar refractivity (Wildman–Crippen MR) is 122 cm³/mol. The van der Waals surface area contributed by atoms with E-state index in [4.69, 9.17) is 16.3 Å². The van der Waals surface area contributed by atoms with Gasteiger partial charge >= 0.3 is 0 Å². The van der Waals surface area contributed by atoms with Gasteiger partial charge in [0.1, 0.15) is 10.6 Å². The first-order valence-electron chi connectivity index (χ1n) is 9.66. The molecule has 1 aliphatic rings. The molecule has 168 valence electrons. The lowest BCUT2D eigenvalue weighted by Crippen LogP contribution is -2.47. The molecule has 1 unspecified atom stereocenters. The third-order valence-corrected chi connectivity index (χ3v) is 8.12. The number of halogens is 1. The van der Waals surface area contributed by atoms with Gasteiger partial charge in [0.15, 0.2) is 0 Å². The van der Waals surface area contributed by atoms with Gasteiger partial charge in [0.2, 0.25) is 15.9 Å². The number of rotatable bonds is 7. The predicted octanol–water partition coefficient (Wildman–Crippen LogP) is 2.80. The molecule has 0 spiro atoms. The Morgan fingerprint density at radius 2 is 1.94 bits per heavy atom. The molecule has 1 N–H and O–H groups in total. The SMILES string of the molecule is COc1ccc(NC(=O)C(C)Sc2ccc(S(=O)(=O)N3CCN(C)CC3)cn2)cc1Cl. The standard InChI is InChI=1S/C20H25ClN4O4S2/c1-14(20(26)23-15-4-6-18(29-3)17(21)12-15)30-19-7-5-16(13-22-19)31(27,28)25-10-8-24(2)9-11-25/h4-7,12-14H,8-11H2,1-3H3,(H,23,26). The molecule has 11 heteroatoms. The number of amides is 1. The van der Waals surface area contributed by atoms with E-state index in [0.717, 1.165) is 0 Å². The quantitative estimate of drug-likeness (QED) is 0.604. The molecule has 1 aromatic carbocycles. The number of nitrogens with one attached hydrogen (secondary N) is 1. The summed E-state index contributed by atoms with van der Waals surface area (Å²) in [5.41, 5.74) is 0.560. The third kappa shape index (κ3) is 5.89. The Hall–Kier alpha value is -1.85. The van der Waals surface area contributed by atoms with Gasteiger partial charge in [-0.2, -0.15) is 4.31 Å². The minimum absolute atomic E-state index is 0.159. The molecule has 0 radical (unpaired) electrons. The summed E-state index contributed by atoms with van der Waals surface area (Å²) < 4.78 is 32.2. The summed E-state index contributed by atoms with van der Waals surface area (Å²) in [7, 11) is -0.0737. The smallest absolute Gasteiger partial charge is 0.244 e. The molecule has 1 amide bonds. The van der Waals surface area contributed by atoms with Gasteiger partial charge in [-0.3, -0.25) is 4.79 Å². The lowest BCUT2D eigenvalue weighted by atomic mass is 10.3. The van der Waals surface area contributed by atoms with Crippen LogP contribution in [0.25, 0.3) is 0 Å². The highest BCUT2D eigenvalue weighted by atomic mass is 35.5.